The molecular weight excluding hydrogens is 176 g/mol. The standard InChI is InChI=1S/C11H11N2O/c1-14-11-5-3-10(4-6-11)9-13-8-2-7-12-13/h2-7H,9H2,1H3. The second kappa shape index (κ2) is 3.96. The molecule has 1 heterocycles. The minimum Gasteiger partial charge on any atom is -0.497 e. The number of ether oxygens (including phenoxy) is 1. The quantitative estimate of drug-likeness (QED) is 0.731. The Labute approximate surface area is 82.9 Å². The molecule has 0 spiro atoms. The lowest BCUT2D eigenvalue weighted by atomic mass is 10.2. The van der Waals surface area contributed by atoms with Crippen LogP contribution < -0.4 is 4.74 Å². The maximum absolute atomic E-state index is 5.07. The van der Waals surface area contributed by atoms with Crippen molar-refractivity contribution in [3.8, 4) is 5.75 Å². The lowest BCUT2D eigenvalue weighted by molar-refractivity contribution is 0.414. The van der Waals surface area contributed by atoms with Crippen molar-refractivity contribution in [3.63, 3.8) is 0 Å². The second-order valence-electron chi connectivity index (χ2n) is 2.97. The van der Waals surface area contributed by atoms with Gasteiger partial charge in [-0.1, -0.05) is 12.1 Å². The summed E-state index contributed by atoms with van der Waals surface area (Å²) in [6, 6.07) is 9.73. The molecule has 14 heavy (non-hydrogen) atoms. The highest BCUT2D eigenvalue weighted by Gasteiger charge is 1.95. The number of aromatic nitrogens is 2. The zero-order valence-corrected chi connectivity index (χ0v) is 7.97. The van der Waals surface area contributed by atoms with E-state index in [1.165, 1.54) is 5.56 Å². The molecule has 0 saturated heterocycles. The van der Waals surface area contributed by atoms with Crippen LogP contribution in [0, 0.1) is 6.20 Å². The molecular formula is C11H11N2O. The van der Waals surface area contributed by atoms with Crippen LogP contribution in [0.5, 0.6) is 5.75 Å². The Kier molecular flexibility index (Phi) is 2.49. The van der Waals surface area contributed by atoms with E-state index in [1.807, 2.05) is 24.3 Å². The van der Waals surface area contributed by atoms with Crippen molar-refractivity contribution in [2.75, 3.05) is 7.11 Å². The normalized spacial score (nSPS) is 10.1. The Bertz CT molecular complexity index is 378. The maximum atomic E-state index is 5.07. The fourth-order valence-corrected chi connectivity index (χ4v) is 1.26. The van der Waals surface area contributed by atoms with Gasteiger partial charge in [-0.3, -0.25) is 4.68 Å². The molecule has 0 fully saturated rings. The van der Waals surface area contributed by atoms with Gasteiger partial charge in [0.2, 0.25) is 0 Å². The van der Waals surface area contributed by atoms with Crippen molar-refractivity contribution in [1.82, 2.24) is 9.78 Å². The molecule has 0 atom stereocenters. The van der Waals surface area contributed by atoms with Gasteiger partial charge in [-0.15, -0.1) is 0 Å². The number of hydrogen-bond donors (Lipinski definition) is 0. The molecule has 1 aromatic carbocycles. The minimum absolute atomic E-state index is 0.747. The van der Waals surface area contributed by atoms with Crippen molar-refractivity contribution in [2.45, 2.75) is 6.54 Å². The van der Waals surface area contributed by atoms with Crippen molar-refractivity contribution < 1.29 is 4.74 Å². The SMILES string of the molecule is COc1ccc(Cn2[c]ccn2)cc1. The number of benzene rings is 1. The van der Waals surface area contributed by atoms with Crippen LogP contribution in [0.4, 0.5) is 0 Å². The summed E-state index contributed by atoms with van der Waals surface area (Å²) in [6.45, 7) is 0.747. The van der Waals surface area contributed by atoms with Crippen LogP contribution in [0.25, 0.3) is 0 Å². The summed E-state index contributed by atoms with van der Waals surface area (Å²) in [7, 11) is 1.66. The van der Waals surface area contributed by atoms with E-state index in [9.17, 15) is 0 Å². The van der Waals surface area contributed by atoms with Crippen LogP contribution in [0.1, 0.15) is 5.56 Å². The first kappa shape index (κ1) is 8.81. The van der Waals surface area contributed by atoms with Crippen LogP contribution in [0.15, 0.2) is 36.5 Å². The summed E-state index contributed by atoms with van der Waals surface area (Å²) in [5.74, 6) is 0.873. The molecule has 0 aliphatic carbocycles. The Morgan fingerprint density at radius 1 is 1.36 bits per heavy atom. The maximum Gasteiger partial charge on any atom is 0.118 e. The summed E-state index contributed by atoms with van der Waals surface area (Å²) in [4.78, 5) is 0. The Balaban J connectivity index is 2.10. The molecule has 3 heteroatoms. The van der Waals surface area contributed by atoms with Gasteiger partial charge >= 0.3 is 0 Å². The average Bonchev–Trinajstić information content (AvgIpc) is 2.72. The van der Waals surface area contributed by atoms with Crippen molar-refractivity contribution >= 4 is 0 Å². The van der Waals surface area contributed by atoms with Gasteiger partial charge in [-0.25, -0.2) is 0 Å². The van der Waals surface area contributed by atoms with Gasteiger partial charge in [0.25, 0.3) is 0 Å². The third-order valence-corrected chi connectivity index (χ3v) is 2.00. The molecule has 0 N–H and O–H groups in total. The predicted molar refractivity (Wildman–Crippen MR) is 53.2 cm³/mol. The van der Waals surface area contributed by atoms with Gasteiger partial charge in [0.05, 0.1) is 19.9 Å². The first-order valence-electron chi connectivity index (χ1n) is 4.41. The second-order valence-corrected chi connectivity index (χ2v) is 2.97. The molecule has 2 rings (SSSR count). The van der Waals surface area contributed by atoms with Crippen molar-refractivity contribution in [2.24, 2.45) is 0 Å². The number of hydrogen-bond acceptors (Lipinski definition) is 2. The summed E-state index contributed by atoms with van der Waals surface area (Å²) in [6.07, 6.45) is 4.71. The molecule has 0 aliphatic rings. The Hall–Kier alpha value is -1.77. The topological polar surface area (TPSA) is 27.1 Å². The molecule has 0 amide bonds. The van der Waals surface area contributed by atoms with Gasteiger partial charge in [-0.2, -0.15) is 5.10 Å². The van der Waals surface area contributed by atoms with Gasteiger partial charge in [0, 0.05) is 6.20 Å². The van der Waals surface area contributed by atoms with E-state index in [0.717, 1.165) is 12.3 Å². The molecule has 0 bridgehead atoms. The number of nitrogens with zero attached hydrogens (tertiary/aromatic N) is 2. The van der Waals surface area contributed by atoms with E-state index in [-0.39, 0.29) is 0 Å². The molecule has 3 nitrogen and oxygen atoms in total. The summed E-state index contributed by atoms with van der Waals surface area (Å²) in [5, 5.41) is 4.08. The molecule has 1 aromatic heterocycles. The molecule has 71 valence electrons. The van der Waals surface area contributed by atoms with Gasteiger partial charge < -0.3 is 4.74 Å². The first-order valence-corrected chi connectivity index (χ1v) is 4.41. The summed E-state index contributed by atoms with van der Waals surface area (Å²) < 4.78 is 6.84. The molecule has 2 aromatic rings. The van der Waals surface area contributed by atoms with Crippen molar-refractivity contribution in [1.29, 1.82) is 0 Å². The number of rotatable bonds is 3. The van der Waals surface area contributed by atoms with Crippen LogP contribution in [-0.2, 0) is 6.54 Å². The van der Waals surface area contributed by atoms with Crippen LogP contribution in [-0.4, -0.2) is 16.9 Å². The lowest BCUT2D eigenvalue weighted by Crippen LogP contribution is -1.99. The average molecular weight is 187 g/mol. The third-order valence-electron chi connectivity index (χ3n) is 2.00. The Morgan fingerprint density at radius 2 is 2.14 bits per heavy atom. The Morgan fingerprint density at radius 3 is 2.71 bits per heavy atom. The molecule has 0 aliphatic heterocycles. The zero-order chi connectivity index (χ0) is 9.80. The highest BCUT2D eigenvalue weighted by atomic mass is 16.5. The van der Waals surface area contributed by atoms with E-state index in [4.69, 9.17) is 4.74 Å². The summed E-state index contributed by atoms with van der Waals surface area (Å²) >= 11 is 0. The highest BCUT2D eigenvalue weighted by molar-refractivity contribution is 5.27. The largest absolute Gasteiger partial charge is 0.497 e. The van der Waals surface area contributed by atoms with Crippen LogP contribution in [0.2, 0.25) is 0 Å². The molecule has 1 radical (unpaired) electrons. The third kappa shape index (κ3) is 1.93. The monoisotopic (exact) mass is 187 g/mol. The predicted octanol–water partition coefficient (Wildman–Crippen LogP) is 1.74. The smallest absolute Gasteiger partial charge is 0.118 e. The van der Waals surface area contributed by atoms with E-state index in [2.05, 4.69) is 11.3 Å². The van der Waals surface area contributed by atoms with Gasteiger partial charge in [0.15, 0.2) is 0 Å². The first-order chi connectivity index (χ1) is 6.88. The van der Waals surface area contributed by atoms with Crippen LogP contribution in [0.3, 0.4) is 0 Å². The van der Waals surface area contributed by atoms with E-state index in [0.29, 0.717) is 0 Å². The van der Waals surface area contributed by atoms with Crippen molar-refractivity contribution in [3.05, 3.63) is 48.3 Å². The summed E-state index contributed by atoms with van der Waals surface area (Å²) in [5.41, 5.74) is 1.19. The zero-order valence-electron chi connectivity index (χ0n) is 7.97. The molecule has 0 saturated carbocycles. The van der Waals surface area contributed by atoms with E-state index >= 15 is 0 Å². The highest BCUT2D eigenvalue weighted by Crippen LogP contribution is 2.11. The number of methoxy groups -OCH3 is 1. The fraction of sp³-hybridized carbons (Fsp3) is 0.182. The fourth-order valence-electron chi connectivity index (χ4n) is 1.26. The van der Waals surface area contributed by atoms with E-state index in [1.54, 1.807) is 24.1 Å². The van der Waals surface area contributed by atoms with Gasteiger partial charge in [-0.05, 0) is 23.8 Å². The van der Waals surface area contributed by atoms with Crippen LogP contribution >= 0.6 is 0 Å². The lowest BCUT2D eigenvalue weighted by Gasteiger charge is -2.03. The molecule has 0 unspecified atom stereocenters. The van der Waals surface area contributed by atoms with Gasteiger partial charge in [0.1, 0.15) is 5.75 Å². The minimum atomic E-state index is 0.747. The van der Waals surface area contributed by atoms with E-state index < -0.39 is 0 Å².